The van der Waals surface area contributed by atoms with E-state index in [1.165, 1.54) is 16.7 Å². The maximum Gasteiger partial charge on any atom is 0.276 e. The van der Waals surface area contributed by atoms with Gasteiger partial charge in [0.1, 0.15) is 4.91 Å². The molecule has 0 atom stereocenters. The Hall–Kier alpha value is -3.82. The summed E-state index contributed by atoms with van der Waals surface area (Å²) < 4.78 is 6.37. The first kappa shape index (κ1) is 21.0. The van der Waals surface area contributed by atoms with Gasteiger partial charge < -0.3 is 9.64 Å². The fourth-order valence-corrected chi connectivity index (χ4v) is 4.84. The van der Waals surface area contributed by atoms with Crippen molar-refractivity contribution in [3.63, 3.8) is 0 Å². The van der Waals surface area contributed by atoms with E-state index in [9.17, 15) is 9.59 Å². The van der Waals surface area contributed by atoms with Gasteiger partial charge in [-0.25, -0.2) is 0 Å². The third-order valence-corrected chi connectivity index (χ3v) is 6.53. The largest absolute Gasteiger partial charge is 0.437 e. The molecule has 0 saturated carbocycles. The fraction of sp³-hybridized carbons (Fsp3) is 0.0417. The Balaban J connectivity index is 1.31. The van der Waals surface area contributed by atoms with Crippen LogP contribution in [0.3, 0.4) is 0 Å². The lowest BCUT2D eigenvalue weighted by atomic mass is 10.2. The summed E-state index contributed by atoms with van der Waals surface area (Å²) in [5.41, 5.74) is 8.27. The molecule has 0 aliphatic carbocycles. The van der Waals surface area contributed by atoms with Crippen LogP contribution in [-0.2, 0) is 4.79 Å². The number of thioether (sulfide) groups is 1. The van der Waals surface area contributed by atoms with E-state index in [4.69, 9.17) is 17.0 Å². The number of anilines is 3. The Kier molecular flexibility index (Phi) is 5.49. The molecule has 5 rings (SSSR count). The Morgan fingerprint density at radius 3 is 2.39 bits per heavy atom. The minimum Gasteiger partial charge on any atom is -0.437 e. The summed E-state index contributed by atoms with van der Waals surface area (Å²) in [6, 6.07) is 23.6. The van der Waals surface area contributed by atoms with Crippen LogP contribution in [0.2, 0.25) is 0 Å². The summed E-state index contributed by atoms with van der Waals surface area (Å²) in [7, 11) is 1.86. The summed E-state index contributed by atoms with van der Waals surface area (Å²) >= 11 is 6.71. The molecule has 2 amide bonds. The van der Waals surface area contributed by atoms with Crippen molar-refractivity contribution < 1.29 is 14.3 Å². The van der Waals surface area contributed by atoms with Crippen LogP contribution in [0.25, 0.3) is 0 Å². The molecule has 0 aromatic heterocycles. The number of carbonyl (C=O) groups excluding carboxylic acids is 2. The van der Waals surface area contributed by atoms with Gasteiger partial charge in [0.15, 0.2) is 10.1 Å². The molecule has 2 N–H and O–H groups in total. The van der Waals surface area contributed by atoms with Crippen molar-refractivity contribution in [2.45, 2.75) is 0 Å². The average Bonchev–Trinajstić information content (AvgIpc) is 3.33. The van der Waals surface area contributed by atoms with Crippen molar-refractivity contribution in [2.75, 3.05) is 22.3 Å². The molecular weight excluding hydrogens is 456 g/mol. The number of thiocarbonyl (C=S) groups is 1. The van der Waals surface area contributed by atoms with E-state index in [1.807, 2.05) is 42.3 Å². The van der Waals surface area contributed by atoms with Crippen molar-refractivity contribution in [1.29, 1.82) is 0 Å². The third-order valence-electron chi connectivity index (χ3n) is 5.18. The molecule has 2 heterocycles. The first-order chi connectivity index (χ1) is 16.0. The van der Waals surface area contributed by atoms with Crippen LogP contribution in [0.4, 0.5) is 17.1 Å². The zero-order valence-corrected chi connectivity index (χ0v) is 19.1. The van der Waals surface area contributed by atoms with Crippen LogP contribution >= 0.6 is 24.0 Å². The zero-order chi connectivity index (χ0) is 22.9. The number of hydrogen-bond acceptors (Lipinski definition) is 7. The normalized spacial score (nSPS) is 17.1. The van der Waals surface area contributed by atoms with Gasteiger partial charge in [-0.15, -0.1) is 0 Å². The van der Waals surface area contributed by atoms with E-state index in [0.29, 0.717) is 37.8 Å². The predicted molar refractivity (Wildman–Crippen MR) is 134 cm³/mol. The predicted octanol–water partition coefficient (Wildman–Crippen LogP) is 4.51. The van der Waals surface area contributed by atoms with Crippen molar-refractivity contribution in [3.05, 3.63) is 95.2 Å². The lowest BCUT2D eigenvalue weighted by molar-refractivity contribution is -0.113. The maximum absolute atomic E-state index is 13.2. The molecule has 33 heavy (non-hydrogen) atoms. The number of hydrogen-bond donors (Lipinski definition) is 2. The molecule has 2 aliphatic rings. The highest BCUT2D eigenvalue weighted by Gasteiger charge is 2.40. The highest BCUT2D eigenvalue weighted by atomic mass is 32.2. The second-order valence-electron chi connectivity index (χ2n) is 7.26. The number of hydrazine groups is 1. The molecule has 3 aromatic carbocycles. The highest BCUT2D eigenvalue weighted by Crippen LogP contribution is 2.44. The van der Waals surface area contributed by atoms with Gasteiger partial charge in [0.05, 0.1) is 17.1 Å². The SMILES string of the molecule is CN1/C(=C2\SC(=S)N(c3ccc(NNC(=O)c4ccccc4)cc3)C2=O)Oc2ccccc21. The van der Waals surface area contributed by atoms with Crippen molar-refractivity contribution >= 4 is 57.2 Å². The number of nitrogens with zero attached hydrogens (tertiary/aromatic N) is 2. The molecule has 0 radical (unpaired) electrons. The van der Waals surface area contributed by atoms with E-state index in [-0.39, 0.29) is 11.8 Å². The van der Waals surface area contributed by atoms with Crippen LogP contribution in [0.5, 0.6) is 5.75 Å². The lowest BCUT2D eigenvalue weighted by Gasteiger charge is -2.16. The Morgan fingerprint density at radius 2 is 1.67 bits per heavy atom. The van der Waals surface area contributed by atoms with E-state index in [1.54, 1.807) is 48.5 Å². The van der Waals surface area contributed by atoms with Crippen LogP contribution in [-0.4, -0.2) is 23.2 Å². The summed E-state index contributed by atoms with van der Waals surface area (Å²) in [6.07, 6.45) is 0. The number of fused-ring (bicyclic) bond motifs is 1. The van der Waals surface area contributed by atoms with Gasteiger partial charge in [0.2, 0.25) is 5.88 Å². The van der Waals surface area contributed by atoms with E-state index < -0.39 is 0 Å². The van der Waals surface area contributed by atoms with E-state index >= 15 is 0 Å². The summed E-state index contributed by atoms with van der Waals surface area (Å²) in [5.74, 6) is 0.689. The molecule has 1 fully saturated rings. The van der Waals surface area contributed by atoms with Gasteiger partial charge >= 0.3 is 0 Å². The number of rotatable bonds is 4. The van der Waals surface area contributed by atoms with E-state index in [0.717, 1.165) is 5.69 Å². The molecule has 3 aromatic rings. The summed E-state index contributed by atoms with van der Waals surface area (Å²) in [6.45, 7) is 0. The molecule has 2 aliphatic heterocycles. The zero-order valence-electron chi connectivity index (χ0n) is 17.4. The van der Waals surface area contributed by atoms with Gasteiger partial charge in [-0.3, -0.25) is 25.3 Å². The maximum atomic E-state index is 13.2. The Labute approximate surface area is 200 Å². The summed E-state index contributed by atoms with van der Waals surface area (Å²) in [5, 5.41) is 0. The molecule has 164 valence electrons. The monoisotopic (exact) mass is 474 g/mol. The molecule has 1 saturated heterocycles. The minimum atomic E-state index is -0.245. The van der Waals surface area contributed by atoms with Gasteiger partial charge in [-0.05, 0) is 60.3 Å². The molecule has 7 nitrogen and oxygen atoms in total. The smallest absolute Gasteiger partial charge is 0.276 e. The lowest BCUT2D eigenvalue weighted by Crippen LogP contribution is -2.30. The number of amides is 2. The Bertz CT molecular complexity index is 1290. The minimum absolute atomic E-state index is 0.238. The van der Waals surface area contributed by atoms with Crippen molar-refractivity contribution in [1.82, 2.24) is 5.43 Å². The second-order valence-corrected chi connectivity index (χ2v) is 8.91. The first-order valence-corrected chi connectivity index (χ1v) is 11.3. The molecule has 9 heteroatoms. The van der Waals surface area contributed by atoms with Gasteiger partial charge in [0.25, 0.3) is 11.8 Å². The van der Waals surface area contributed by atoms with Gasteiger partial charge in [0, 0.05) is 12.6 Å². The molecular formula is C24H18N4O3S2. The second kappa shape index (κ2) is 8.61. The number of carbonyl (C=O) groups is 2. The third kappa shape index (κ3) is 3.92. The quantitative estimate of drug-likeness (QED) is 0.328. The van der Waals surface area contributed by atoms with Crippen molar-refractivity contribution in [2.24, 2.45) is 0 Å². The van der Waals surface area contributed by atoms with Crippen LogP contribution in [0.15, 0.2) is 89.7 Å². The Morgan fingerprint density at radius 1 is 0.970 bits per heavy atom. The number of ether oxygens (including phenoxy) is 1. The van der Waals surface area contributed by atoms with Crippen LogP contribution in [0, 0.1) is 0 Å². The molecule has 0 bridgehead atoms. The van der Waals surface area contributed by atoms with Crippen LogP contribution < -0.4 is 25.4 Å². The average molecular weight is 475 g/mol. The number of para-hydroxylation sites is 2. The van der Waals surface area contributed by atoms with E-state index in [2.05, 4.69) is 10.9 Å². The van der Waals surface area contributed by atoms with Crippen molar-refractivity contribution in [3.8, 4) is 5.75 Å². The topological polar surface area (TPSA) is 73.9 Å². The highest BCUT2D eigenvalue weighted by molar-refractivity contribution is 8.27. The standard InChI is InChI=1S/C24H18N4O3S2/c1-27-18-9-5-6-10-19(18)31-23(27)20-22(30)28(24(32)33-20)17-13-11-16(12-14-17)25-26-21(29)15-7-3-2-4-8-15/h2-14,25H,1H3,(H,26,29)/b23-20+. The van der Waals surface area contributed by atoms with Crippen LogP contribution in [0.1, 0.15) is 10.4 Å². The number of benzene rings is 3. The number of nitrogens with one attached hydrogen (secondary N) is 2. The molecule has 0 spiro atoms. The van der Waals surface area contributed by atoms with Gasteiger partial charge in [-0.1, -0.05) is 42.5 Å². The first-order valence-electron chi connectivity index (χ1n) is 10.1. The summed E-state index contributed by atoms with van der Waals surface area (Å²) in [4.78, 5) is 29.2. The molecule has 0 unspecified atom stereocenters. The fourth-order valence-electron chi connectivity index (χ4n) is 3.50. The van der Waals surface area contributed by atoms with Gasteiger partial charge in [-0.2, -0.15) is 0 Å².